The summed E-state index contributed by atoms with van der Waals surface area (Å²) < 4.78 is 67.1. The Bertz CT molecular complexity index is 1640. The van der Waals surface area contributed by atoms with E-state index in [0.29, 0.717) is 42.3 Å². The number of fused-ring (bicyclic) bond motifs is 1. The van der Waals surface area contributed by atoms with Crippen molar-refractivity contribution in [1.29, 1.82) is 0 Å². The van der Waals surface area contributed by atoms with Crippen molar-refractivity contribution in [3.05, 3.63) is 81.3 Å². The second-order valence-corrected chi connectivity index (χ2v) is 12.0. The monoisotopic (exact) mass is 610 g/mol. The molecule has 8 nitrogen and oxygen atoms in total. The largest absolute Gasteiger partial charge is 0.534 e. The number of pyridine rings is 1. The molecule has 0 N–H and O–H groups in total. The van der Waals surface area contributed by atoms with Crippen LogP contribution >= 0.6 is 22.9 Å². The number of carbonyl (C=O) groups excluding carboxylic acids is 1. The number of benzene rings is 2. The molecule has 0 spiro atoms. The van der Waals surface area contributed by atoms with Crippen molar-refractivity contribution in [1.82, 2.24) is 14.9 Å². The van der Waals surface area contributed by atoms with Gasteiger partial charge >= 0.3 is 15.6 Å². The van der Waals surface area contributed by atoms with Crippen LogP contribution in [0.15, 0.2) is 60.1 Å². The normalized spacial score (nSPS) is 15.3. The Morgan fingerprint density at radius 2 is 1.73 bits per heavy atom. The second kappa shape index (κ2) is 10.9. The van der Waals surface area contributed by atoms with Crippen molar-refractivity contribution in [2.75, 3.05) is 31.1 Å². The maximum absolute atomic E-state index is 13.1. The number of halogens is 4. The smallest absolute Gasteiger partial charge is 0.367 e. The molecule has 40 heavy (non-hydrogen) atoms. The lowest BCUT2D eigenvalue weighted by Gasteiger charge is -2.36. The first kappa shape index (κ1) is 28.1. The molecule has 1 aliphatic rings. The van der Waals surface area contributed by atoms with Crippen LogP contribution in [0.1, 0.15) is 29.0 Å². The van der Waals surface area contributed by atoms with Crippen LogP contribution in [0.5, 0.6) is 5.88 Å². The lowest BCUT2D eigenvalue weighted by atomic mass is 9.90. The summed E-state index contributed by atoms with van der Waals surface area (Å²) in [6.45, 7) is 3.00. The Kier molecular flexibility index (Phi) is 7.64. The Morgan fingerprint density at radius 3 is 2.33 bits per heavy atom. The topological polar surface area (TPSA) is 92.7 Å². The Balaban J connectivity index is 1.64. The van der Waals surface area contributed by atoms with E-state index < -0.39 is 21.5 Å². The third-order valence-corrected chi connectivity index (χ3v) is 8.62. The molecule has 3 heterocycles. The lowest BCUT2D eigenvalue weighted by Crippen LogP contribution is -2.48. The number of rotatable bonds is 6. The molecule has 1 saturated heterocycles. The van der Waals surface area contributed by atoms with Crippen molar-refractivity contribution in [3.63, 3.8) is 0 Å². The second-order valence-electron chi connectivity index (χ2n) is 9.09. The zero-order valence-corrected chi connectivity index (χ0v) is 23.3. The third kappa shape index (κ3) is 5.72. The quantitative estimate of drug-likeness (QED) is 0.213. The van der Waals surface area contributed by atoms with E-state index in [4.69, 9.17) is 11.6 Å². The van der Waals surface area contributed by atoms with Crippen molar-refractivity contribution in [2.24, 2.45) is 0 Å². The van der Waals surface area contributed by atoms with E-state index in [-0.39, 0.29) is 17.3 Å². The van der Waals surface area contributed by atoms with Gasteiger partial charge in [-0.3, -0.25) is 4.79 Å². The maximum atomic E-state index is 13.1. The molecule has 14 heteroatoms. The Labute approximate surface area is 237 Å². The van der Waals surface area contributed by atoms with Gasteiger partial charge in [0.2, 0.25) is 11.8 Å². The number of carbonyl (C=O) groups is 1. The van der Waals surface area contributed by atoms with Gasteiger partial charge in [-0.2, -0.15) is 21.6 Å². The molecule has 4 aromatic rings. The molecule has 1 aliphatic heterocycles. The Hall–Kier alpha value is -3.42. The first-order chi connectivity index (χ1) is 18.9. The van der Waals surface area contributed by atoms with Gasteiger partial charge in [0.1, 0.15) is 5.01 Å². The minimum atomic E-state index is -5.93. The van der Waals surface area contributed by atoms with Crippen molar-refractivity contribution >= 4 is 55.6 Å². The van der Waals surface area contributed by atoms with E-state index in [9.17, 15) is 26.4 Å². The van der Waals surface area contributed by atoms with Crippen molar-refractivity contribution < 1.29 is 30.6 Å². The van der Waals surface area contributed by atoms with Crippen LogP contribution in [-0.2, 0) is 14.9 Å². The molecule has 210 valence electrons. The highest BCUT2D eigenvalue weighted by molar-refractivity contribution is 7.87. The number of nitrogens with zero attached hydrogens (tertiary/aromatic N) is 4. The van der Waals surface area contributed by atoms with Gasteiger partial charge in [0.25, 0.3) is 0 Å². The SMILES string of the molecule is CC(=O)N1CCN(c2cc(OS(=O)(=O)C(F)(F)F)nc3ccc(C(c4ccc(Cl)cc4)c4nccs4)cc23)CC1. The highest BCUT2D eigenvalue weighted by atomic mass is 35.5. The minimum Gasteiger partial charge on any atom is -0.367 e. The fourth-order valence-corrected chi connectivity index (χ4v) is 5.94. The van der Waals surface area contributed by atoms with Gasteiger partial charge < -0.3 is 14.0 Å². The van der Waals surface area contributed by atoms with Crippen LogP contribution in [0.4, 0.5) is 18.9 Å². The van der Waals surface area contributed by atoms with Crippen LogP contribution in [0.3, 0.4) is 0 Å². The average molecular weight is 611 g/mol. The van der Waals surface area contributed by atoms with Gasteiger partial charge in [0.15, 0.2) is 0 Å². The molecule has 2 aromatic heterocycles. The zero-order chi connectivity index (χ0) is 28.7. The number of hydrogen-bond donors (Lipinski definition) is 0. The van der Waals surface area contributed by atoms with Gasteiger partial charge in [-0.15, -0.1) is 11.3 Å². The number of amides is 1. The summed E-state index contributed by atoms with van der Waals surface area (Å²) in [5.74, 6) is -1.06. The van der Waals surface area contributed by atoms with E-state index in [1.807, 2.05) is 28.5 Å². The van der Waals surface area contributed by atoms with Gasteiger partial charge in [-0.25, -0.2) is 9.97 Å². The van der Waals surface area contributed by atoms with Crippen molar-refractivity contribution in [3.8, 4) is 5.88 Å². The molecule has 0 bridgehead atoms. The van der Waals surface area contributed by atoms with Crippen LogP contribution in [0.25, 0.3) is 10.9 Å². The average Bonchev–Trinajstić information content (AvgIpc) is 3.43. The Morgan fingerprint density at radius 1 is 1.05 bits per heavy atom. The predicted octanol–water partition coefficient (Wildman–Crippen LogP) is 5.42. The number of alkyl halides is 3. The standard InChI is InChI=1S/C26H22ClF3N4O4S2/c1-16(35)33-9-11-34(12-10-33)22-15-23(38-40(36,37)26(28,29)30)32-21-7-4-18(14-20(21)22)24(25-31-8-13-39-25)17-2-5-19(27)6-3-17/h2-8,13-15,24H,9-12H2,1H3. The summed E-state index contributed by atoms with van der Waals surface area (Å²) >= 11 is 7.59. The van der Waals surface area contributed by atoms with Gasteiger partial charge in [0.05, 0.1) is 17.1 Å². The molecule has 1 atom stereocenters. The number of aromatic nitrogens is 2. The molecule has 1 amide bonds. The fourth-order valence-electron chi connectivity index (χ4n) is 4.62. The summed E-state index contributed by atoms with van der Waals surface area (Å²) in [5, 5.41) is 3.85. The van der Waals surface area contributed by atoms with Crippen LogP contribution in [-0.4, -0.2) is 60.9 Å². The van der Waals surface area contributed by atoms with E-state index in [1.54, 1.807) is 35.4 Å². The third-order valence-electron chi connectivity index (χ3n) is 6.57. The molecule has 0 radical (unpaired) electrons. The number of piperazine rings is 1. The summed E-state index contributed by atoms with van der Waals surface area (Å²) in [7, 11) is -5.93. The molecule has 1 unspecified atom stereocenters. The predicted molar refractivity (Wildman–Crippen MR) is 146 cm³/mol. The minimum absolute atomic E-state index is 0.0870. The number of thiazole rings is 1. The van der Waals surface area contributed by atoms with E-state index in [2.05, 4.69) is 14.2 Å². The highest BCUT2D eigenvalue weighted by Crippen LogP contribution is 2.39. The molecule has 5 rings (SSSR count). The number of hydrogen-bond acceptors (Lipinski definition) is 8. The first-order valence-corrected chi connectivity index (χ1v) is 14.7. The zero-order valence-electron chi connectivity index (χ0n) is 20.9. The van der Waals surface area contributed by atoms with E-state index in [1.165, 1.54) is 24.3 Å². The summed E-state index contributed by atoms with van der Waals surface area (Å²) in [6.07, 6.45) is 1.70. The van der Waals surface area contributed by atoms with E-state index >= 15 is 0 Å². The summed E-state index contributed by atoms with van der Waals surface area (Å²) in [4.78, 5) is 24.0. The first-order valence-electron chi connectivity index (χ1n) is 12.0. The van der Waals surface area contributed by atoms with Crippen LogP contribution in [0, 0.1) is 0 Å². The molecule has 0 saturated carbocycles. The summed E-state index contributed by atoms with van der Waals surface area (Å²) in [5.41, 5.74) is -3.15. The maximum Gasteiger partial charge on any atom is 0.534 e. The fraction of sp³-hybridized carbons (Fsp3) is 0.269. The number of anilines is 1. The van der Waals surface area contributed by atoms with E-state index in [0.717, 1.165) is 16.1 Å². The van der Waals surface area contributed by atoms with Gasteiger partial charge in [0, 0.05) is 61.2 Å². The molecular formula is C26H22ClF3N4O4S2. The van der Waals surface area contributed by atoms with Crippen LogP contribution in [0.2, 0.25) is 5.02 Å². The lowest BCUT2D eigenvalue weighted by molar-refractivity contribution is -0.129. The van der Waals surface area contributed by atoms with Gasteiger partial charge in [-0.05, 0) is 35.4 Å². The molecule has 0 aliphatic carbocycles. The van der Waals surface area contributed by atoms with Crippen molar-refractivity contribution in [2.45, 2.75) is 18.3 Å². The molecule has 1 fully saturated rings. The van der Waals surface area contributed by atoms with Crippen LogP contribution < -0.4 is 9.08 Å². The summed E-state index contributed by atoms with van der Waals surface area (Å²) in [6, 6.07) is 13.8. The highest BCUT2D eigenvalue weighted by Gasteiger charge is 2.49. The van der Waals surface area contributed by atoms with Gasteiger partial charge in [-0.1, -0.05) is 29.8 Å². The molecule has 2 aromatic carbocycles. The molecular weight excluding hydrogens is 589 g/mol.